The Hall–Kier alpha value is -1.06. The summed E-state index contributed by atoms with van der Waals surface area (Å²) >= 11 is 0. The summed E-state index contributed by atoms with van der Waals surface area (Å²) in [5.74, 6) is 0.149. The molecule has 0 aliphatic heterocycles. The summed E-state index contributed by atoms with van der Waals surface area (Å²) in [6.07, 6.45) is 1.69. The van der Waals surface area contributed by atoms with E-state index >= 15 is 0 Å². The Kier molecular flexibility index (Phi) is 1.38. The molecule has 0 amide bonds. The van der Waals surface area contributed by atoms with E-state index in [0.29, 0.717) is 0 Å². The molecule has 0 aromatic rings. The number of rotatable bonds is 2. The minimum absolute atomic E-state index is 0.0735. The van der Waals surface area contributed by atoms with E-state index in [2.05, 4.69) is 4.99 Å². The van der Waals surface area contributed by atoms with Crippen LogP contribution in [-0.2, 0) is 4.79 Å². The normalized spacial score (nSPS) is 31.1. The van der Waals surface area contributed by atoms with Crippen molar-refractivity contribution >= 4 is 12.2 Å². The van der Waals surface area contributed by atoms with Crippen molar-refractivity contribution < 1.29 is 4.79 Å². The zero-order valence-electron chi connectivity index (χ0n) is 4.95. The molecule has 1 rings (SSSR count). The first-order valence-electron chi connectivity index (χ1n) is 2.78. The molecule has 4 N–H and O–H groups in total. The number of carbonyl (C=O) groups is 1. The highest BCUT2D eigenvalue weighted by Gasteiger charge is 2.36. The standard InChI is InChI=1S/C5H9N3O/c6-5(7)8-4-1-3(4)2-9/h2-4H,1H2,(H4,6,7,8)/t3-,4+/m1/s1. The molecule has 0 saturated heterocycles. The van der Waals surface area contributed by atoms with E-state index in [1.54, 1.807) is 0 Å². The number of nitrogens with zero attached hydrogens (tertiary/aromatic N) is 1. The van der Waals surface area contributed by atoms with E-state index in [1.807, 2.05) is 0 Å². The molecule has 50 valence electrons. The maximum Gasteiger partial charge on any atom is 0.186 e. The van der Waals surface area contributed by atoms with Crippen molar-refractivity contribution in [3.05, 3.63) is 0 Å². The second-order valence-electron chi connectivity index (χ2n) is 2.16. The minimum Gasteiger partial charge on any atom is -0.370 e. The van der Waals surface area contributed by atoms with Gasteiger partial charge in [0.1, 0.15) is 6.29 Å². The fourth-order valence-corrected chi connectivity index (χ4v) is 0.686. The van der Waals surface area contributed by atoms with Crippen molar-refractivity contribution in [2.45, 2.75) is 12.5 Å². The van der Waals surface area contributed by atoms with Crippen LogP contribution < -0.4 is 11.5 Å². The summed E-state index contributed by atoms with van der Waals surface area (Å²) in [6, 6.07) is 0.0764. The molecule has 4 heteroatoms. The van der Waals surface area contributed by atoms with Gasteiger partial charge >= 0.3 is 0 Å². The van der Waals surface area contributed by atoms with Gasteiger partial charge in [0.25, 0.3) is 0 Å². The molecule has 0 radical (unpaired) electrons. The molecule has 0 unspecified atom stereocenters. The van der Waals surface area contributed by atoms with Crippen LogP contribution in [0.1, 0.15) is 6.42 Å². The Balaban J connectivity index is 2.35. The summed E-state index contributed by atoms with van der Waals surface area (Å²) < 4.78 is 0. The predicted molar refractivity (Wildman–Crippen MR) is 33.8 cm³/mol. The van der Waals surface area contributed by atoms with Gasteiger partial charge in [-0.25, -0.2) is 4.99 Å². The average molecular weight is 127 g/mol. The number of guanidine groups is 1. The molecule has 0 heterocycles. The minimum atomic E-state index is 0.0735. The number of nitrogens with two attached hydrogens (primary N) is 2. The van der Waals surface area contributed by atoms with Crippen LogP contribution in [0.5, 0.6) is 0 Å². The van der Waals surface area contributed by atoms with E-state index in [1.165, 1.54) is 0 Å². The molecular formula is C5H9N3O. The van der Waals surface area contributed by atoms with Crippen LogP contribution in [0, 0.1) is 5.92 Å². The molecule has 0 aromatic heterocycles. The maximum absolute atomic E-state index is 10.0. The number of aliphatic imine (C=N–C) groups is 1. The lowest BCUT2D eigenvalue weighted by Gasteiger charge is -1.86. The molecule has 9 heavy (non-hydrogen) atoms. The molecule has 1 aliphatic carbocycles. The number of hydrogen-bond acceptors (Lipinski definition) is 2. The smallest absolute Gasteiger partial charge is 0.186 e. The Morgan fingerprint density at radius 2 is 2.33 bits per heavy atom. The molecular weight excluding hydrogens is 118 g/mol. The van der Waals surface area contributed by atoms with Gasteiger partial charge in [-0.2, -0.15) is 0 Å². The highest BCUT2D eigenvalue weighted by molar-refractivity contribution is 5.76. The molecule has 0 bridgehead atoms. The van der Waals surface area contributed by atoms with Crippen LogP contribution in [0.25, 0.3) is 0 Å². The van der Waals surface area contributed by atoms with Crippen LogP contribution >= 0.6 is 0 Å². The average Bonchev–Trinajstić information content (AvgIpc) is 2.45. The largest absolute Gasteiger partial charge is 0.370 e. The quantitative estimate of drug-likeness (QED) is 0.279. The van der Waals surface area contributed by atoms with E-state index in [0.717, 1.165) is 12.7 Å². The van der Waals surface area contributed by atoms with Gasteiger partial charge in [0.05, 0.1) is 6.04 Å². The van der Waals surface area contributed by atoms with Crippen molar-refractivity contribution in [2.75, 3.05) is 0 Å². The summed E-state index contributed by atoms with van der Waals surface area (Å²) in [6.45, 7) is 0. The molecule has 2 atom stereocenters. The molecule has 4 nitrogen and oxygen atoms in total. The highest BCUT2D eigenvalue weighted by Crippen LogP contribution is 2.30. The van der Waals surface area contributed by atoms with Gasteiger partial charge in [-0.3, -0.25) is 0 Å². The topological polar surface area (TPSA) is 81.5 Å². The number of carbonyl (C=O) groups excluding carboxylic acids is 1. The summed E-state index contributed by atoms with van der Waals surface area (Å²) in [4.78, 5) is 13.8. The third kappa shape index (κ3) is 1.42. The van der Waals surface area contributed by atoms with Gasteiger partial charge in [0.2, 0.25) is 0 Å². The Morgan fingerprint density at radius 3 is 2.67 bits per heavy atom. The molecule has 1 aliphatic rings. The van der Waals surface area contributed by atoms with Gasteiger partial charge in [-0.15, -0.1) is 0 Å². The first-order chi connectivity index (χ1) is 4.24. The lowest BCUT2D eigenvalue weighted by atomic mass is 10.5. The maximum atomic E-state index is 10.0. The Bertz CT molecular complexity index is 150. The lowest BCUT2D eigenvalue weighted by molar-refractivity contribution is -0.108. The van der Waals surface area contributed by atoms with Crippen molar-refractivity contribution in [1.29, 1.82) is 0 Å². The highest BCUT2D eigenvalue weighted by atomic mass is 16.1. The first kappa shape index (κ1) is 6.07. The summed E-state index contributed by atoms with van der Waals surface area (Å²) in [7, 11) is 0. The first-order valence-corrected chi connectivity index (χ1v) is 2.78. The number of aldehydes is 1. The van der Waals surface area contributed by atoms with Gasteiger partial charge in [0, 0.05) is 5.92 Å². The molecule has 0 spiro atoms. The third-order valence-electron chi connectivity index (χ3n) is 1.29. The van der Waals surface area contributed by atoms with E-state index < -0.39 is 0 Å². The zero-order valence-corrected chi connectivity index (χ0v) is 4.95. The second kappa shape index (κ2) is 2.05. The van der Waals surface area contributed by atoms with Crippen LogP contribution in [0.15, 0.2) is 4.99 Å². The van der Waals surface area contributed by atoms with Crippen molar-refractivity contribution in [3.63, 3.8) is 0 Å². The SMILES string of the molecule is NC(N)=N[C@H]1C[C@@H]1C=O. The van der Waals surface area contributed by atoms with Gasteiger partial charge in [-0.05, 0) is 6.42 Å². The third-order valence-corrected chi connectivity index (χ3v) is 1.29. The fraction of sp³-hybridized carbons (Fsp3) is 0.600. The molecule has 0 aromatic carbocycles. The second-order valence-corrected chi connectivity index (χ2v) is 2.16. The van der Waals surface area contributed by atoms with E-state index in [-0.39, 0.29) is 17.9 Å². The van der Waals surface area contributed by atoms with Gasteiger partial charge in [-0.1, -0.05) is 0 Å². The predicted octanol–water partition coefficient (Wildman–Crippen LogP) is -1.15. The van der Waals surface area contributed by atoms with Crippen molar-refractivity contribution in [1.82, 2.24) is 0 Å². The van der Waals surface area contributed by atoms with Crippen molar-refractivity contribution in [2.24, 2.45) is 22.4 Å². The lowest BCUT2D eigenvalue weighted by Crippen LogP contribution is -2.23. The van der Waals surface area contributed by atoms with Crippen LogP contribution in [-0.4, -0.2) is 18.3 Å². The van der Waals surface area contributed by atoms with Crippen LogP contribution in [0.4, 0.5) is 0 Å². The van der Waals surface area contributed by atoms with Crippen LogP contribution in [0.3, 0.4) is 0 Å². The van der Waals surface area contributed by atoms with Crippen LogP contribution in [0.2, 0.25) is 0 Å². The van der Waals surface area contributed by atoms with E-state index in [9.17, 15) is 4.79 Å². The molecule has 1 fully saturated rings. The van der Waals surface area contributed by atoms with E-state index in [4.69, 9.17) is 11.5 Å². The monoisotopic (exact) mass is 127 g/mol. The Labute approximate surface area is 52.9 Å². The van der Waals surface area contributed by atoms with Gasteiger partial charge < -0.3 is 16.3 Å². The Morgan fingerprint density at radius 1 is 1.67 bits per heavy atom. The van der Waals surface area contributed by atoms with Gasteiger partial charge in [0.15, 0.2) is 5.96 Å². The summed E-state index contributed by atoms with van der Waals surface area (Å²) in [5, 5.41) is 0. The summed E-state index contributed by atoms with van der Waals surface area (Å²) in [5.41, 5.74) is 10.1. The zero-order chi connectivity index (χ0) is 6.85. The number of hydrogen-bond donors (Lipinski definition) is 2. The van der Waals surface area contributed by atoms with Crippen molar-refractivity contribution in [3.8, 4) is 0 Å². The molecule has 1 saturated carbocycles. The fourth-order valence-electron chi connectivity index (χ4n) is 0.686.